The molecule has 0 amide bonds. The van der Waals surface area contributed by atoms with Gasteiger partial charge in [0.2, 0.25) is 11.8 Å². The first kappa shape index (κ1) is 19.6. The minimum absolute atomic E-state index is 0.0874. The predicted octanol–water partition coefficient (Wildman–Crippen LogP) is 4.11. The summed E-state index contributed by atoms with van der Waals surface area (Å²) in [6.45, 7) is 3.95. The number of allylic oxidation sites excluding steroid dienone is 1. The Hall–Kier alpha value is -4.31. The molecule has 0 saturated carbocycles. The molecule has 158 valence electrons. The molecule has 0 radical (unpaired) electrons. The number of rotatable bonds is 3. The van der Waals surface area contributed by atoms with Gasteiger partial charge < -0.3 is 10.5 Å². The van der Waals surface area contributed by atoms with Crippen molar-refractivity contribution in [1.82, 2.24) is 19.6 Å². The van der Waals surface area contributed by atoms with E-state index < -0.39 is 5.92 Å². The summed E-state index contributed by atoms with van der Waals surface area (Å²) in [5.41, 5.74) is 12.8. The van der Waals surface area contributed by atoms with Crippen molar-refractivity contribution in [3.8, 4) is 28.9 Å². The highest BCUT2D eigenvalue weighted by molar-refractivity contribution is 5.72. The molecule has 2 aromatic heterocycles. The Labute approximate surface area is 186 Å². The third-order valence-corrected chi connectivity index (χ3v) is 5.95. The average molecular weight is 422 g/mol. The molecule has 0 fully saturated rings. The quantitative estimate of drug-likeness (QED) is 0.536. The fraction of sp³-hybridized carbons (Fsp3) is 0.160. The highest BCUT2D eigenvalue weighted by atomic mass is 16.5. The van der Waals surface area contributed by atoms with Crippen LogP contribution in [0, 0.1) is 25.2 Å². The topological polar surface area (TPSA) is 94.7 Å². The van der Waals surface area contributed by atoms with Gasteiger partial charge in [-0.1, -0.05) is 48.5 Å². The van der Waals surface area contributed by atoms with Gasteiger partial charge in [-0.25, -0.2) is 0 Å². The molecule has 1 atom stereocenters. The van der Waals surface area contributed by atoms with Gasteiger partial charge in [-0.05, 0) is 26.0 Å². The first-order chi connectivity index (χ1) is 15.5. The number of nitrogens with two attached hydrogens (primary N) is 1. The highest BCUT2D eigenvalue weighted by Crippen LogP contribution is 2.48. The lowest BCUT2D eigenvalue weighted by Gasteiger charge is -2.25. The Balaban J connectivity index is 1.88. The minimum atomic E-state index is -0.440. The molecule has 5 rings (SSSR count). The summed E-state index contributed by atoms with van der Waals surface area (Å²) in [7, 11) is 1.90. The molecule has 0 bridgehead atoms. The fourth-order valence-electron chi connectivity index (χ4n) is 4.39. The maximum atomic E-state index is 10.1. The van der Waals surface area contributed by atoms with Gasteiger partial charge in [-0.2, -0.15) is 20.1 Å². The van der Waals surface area contributed by atoms with Gasteiger partial charge in [0.1, 0.15) is 17.3 Å². The maximum absolute atomic E-state index is 10.1. The van der Waals surface area contributed by atoms with Crippen LogP contribution >= 0.6 is 0 Å². The van der Waals surface area contributed by atoms with Crippen molar-refractivity contribution in [3.05, 3.63) is 94.6 Å². The van der Waals surface area contributed by atoms with Gasteiger partial charge in [0.15, 0.2) is 0 Å². The van der Waals surface area contributed by atoms with Crippen molar-refractivity contribution < 1.29 is 4.74 Å². The van der Waals surface area contributed by atoms with Gasteiger partial charge in [0.05, 0.1) is 22.9 Å². The third-order valence-electron chi connectivity index (χ3n) is 5.95. The van der Waals surface area contributed by atoms with Crippen LogP contribution in [0.15, 0.2) is 72.1 Å². The van der Waals surface area contributed by atoms with Crippen LogP contribution in [0.4, 0.5) is 0 Å². The van der Waals surface area contributed by atoms with Crippen molar-refractivity contribution in [2.75, 3.05) is 0 Å². The molecule has 7 heteroatoms. The molecular formula is C25H22N6O. The fourth-order valence-corrected chi connectivity index (χ4v) is 4.39. The number of nitriles is 1. The highest BCUT2D eigenvalue weighted by Gasteiger charge is 2.39. The molecule has 7 nitrogen and oxygen atoms in total. The molecule has 2 aromatic carbocycles. The van der Waals surface area contributed by atoms with Gasteiger partial charge in [-0.15, -0.1) is 0 Å². The van der Waals surface area contributed by atoms with E-state index in [2.05, 4.69) is 11.2 Å². The monoisotopic (exact) mass is 422 g/mol. The normalized spacial score (nSPS) is 15.2. The van der Waals surface area contributed by atoms with Gasteiger partial charge in [0, 0.05) is 23.9 Å². The summed E-state index contributed by atoms with van der Waals surface area (Å²) < 4.78 is 9.65. The lowest BCUT2D eigenvalue weighted by molar-refractivity contribution is 0.367. The lowest BCUT2D eigenvalue weighted by Crippen LogP contribution is -2.22. The number of ether oxygens (including phenoxy) is 1. The van der Waals surface area contributed by atoms with Crippen LogP contribution in [-0.2, 0) is 7.05 Å². The smallest absolute Gasteiger partial charge is 0.229 e. The summed E-state index contributed by atoms with van der Waals surface area (Å²) in [5.74, 6) is 0.161. The van der Waals surface area contributed by atoms with E-state index in [0.29, 0.717) is 11.5 Å². The molecule has 0 aliphatic carbocycles. The summed E-state index contributed by atoms with van der Waals surface area (Å²) in [4.78, 5) is 0. The number of aromatic nitrogens is 4. The largest absolute Gasteiger partial charge is 0.422 e. The van der Waals surface area contributed by atoms with E-state index in [4.69, 9.17) is 15.6 Å². The van der Waals surface area contributed by atoms with E-state index in [-0.39, 0.29) is 5.88 Å². The number of nitrogens with zero attached hydrogens (tertiary/aromatic N) is 5. The Kier molecular flexibility index (Phi) is 4.56. The standard InChI is InChI=1S/C25H22N6O/c1-15-20(16(2)30(3)28-15)21-19(14-26)24(27)32-25-22(21)23(17-10-6-4-7-11-17)29-31(25)18-12-8-5-9-13-18/h4-13,21H,27H2,1-3H3. The zero-order valence-electron chi connectivity index (χ0n) is 18.1. The van der Waals surface area contributed by atoms with E-state index in [1.807, 2.05) is 86.2 Å². The second-order valence-corrected chi connectivity index (χ2v) is 7.81. The van der Waals surface area contributed by atoms with Crippen LogP contribution in [0.3, 0.4) is 0 Å². The number of hydrogen-bond donors (Lipinski definition) is 1. The molecular weight excluding hydrogens is 400 g/mol. The number of hydrogen-bond acceptors (Lipinski definition) is 5. The second kappa shape index (κ2) is 7.43. The third kappa shape index (κ3) is 2.88. The Morgan fingerprint density at radius 3 is 2.22 bits per heavy atom. The van der Waals surface area contributed by atoms with E-state index >= 15 is 0 Å². The number of benzene rings is 2. The van der Waals surface area contributed by atoms with Gasteiger partial charge in [0.25, 0.3) is 0 Å². The van der Waals surface area contributed by atoms with Crippen molar-refractivity contribution in [2.24, 2.45) is 12.8 Å². The predicted molar refractivity (Wildman–Crippen MR) is 121 cm³/mol. The van der Waals surface area contributed by atoms with Gasteiger partial charge in [-0.3, -0.25) is 4.68 Å². The van der Waals surface area contributed by atoms with Crippen LogP contribution in [0.1, 0.15) is 28.4 Å². The molecule has 0 spiro atoms. The minimum Gasteiger partial charge on any atom is -0.422 e. The molecule has 0 saturated heterocycles. The summed E-state index contributed by atoms with van der Waals surface area (Å²) >= 11 is 0. The van der Waals surface area contributed by atoms with Crippen LogP contribution in [-0.4, -0.2) is 19.6 Å². The van der Waals surface area contributed by atoms with Crippen molar-refractivity contribution in [3.63, 3.8) is 0 Å². The van der Waals surface area contributed by atoms with Crippen molar-refractivity contribution in [2.45, 2.75) is 19.8 Å². The SMILES string of the molecule is Cc1nn(C)c(C)c1C1C(C#N)=C(N)Oc2c1c(-c1ccccc1)nn2-c1ccccc1. The molecule has 4 aromatic rings. The second-order valence-electron chi connectivity index (χ2n) is 7.81. The Morgan fingerprint density at radius 1 is 0.969 bits per heavy atom. The number of fused-ring (bicyclic) bond motifs is 1. The molecule has 32 heavy (non-hydrogen) atoms. The summed E-state index contributed by atoms with van der Waals surface area (Å²) in [6, 6.07) is 22.0. The molecule has 2 N–H and O–H groups in total. The zero-order valence-corrected chi connectivity index (χ0v) is 18.1. The summed E-state index contributed by atoms with van der Waals surface area (Å²) in [6.07, 6.45) is 0. The first-order valence-electron chi connectivity index (χ1n) is 10.3. The first-order valence-corrected chi connectivity index (χ1v) is 10.3. The van der Waals surface area contributed by atoms with Crippen molar-refractivity contribution >= 4 is 0 Å². The Bertz CT molecular complexity index is 1390. The lowest BCUT2D eigenvalue weighted by atomic mass is 9.82. The average Bonchev–Trinajstić information content (AvgIpc) is 3.30. The van der Waals surface area contributed by atoms with E-state index in [1.54, 1.807) is 4.68 Å². The van der Waals surface area contributed by atoms with Crippen LogP contribution in [0.2, 0.25) is 0 Å². The van der Waals surface area contributed by atoms with Crippen LogP contribution in [0.25, 0.3) is 16.9 Å². The van der Waals surface area contributed by atoms with Gasteiger partial charge >= 0.3 is 0 Å². The van der Waals surface area contributed by atoms with Crippen molar-refractivity contribution in [1.29, 1.82) is 5.26 Å². The molecule has 1 unspecified atom stereocenters. The van der Waals surface area contributed by atoms with E-state index in [9.17, 15) is 5.26 Å². The Morgan fingerprint density at radius 2 is 1.62 bits per heavy atom. The maximum Gasteiger partial charge on any atom is 0.229 e. The van der Waals surface area contributed by atoms with E-state index in [1.165, 1.54) is 0 Å². The number of aryl methyl sites for hydroxylation is 2. The molecule has 3 heterocycles. The molecule has 1 aliphatic heterocycles. The van der Waals surface area contributed by atoms with E-state index in [0.717, 1.165) is 39.5 Å². The summed E-state index contributed by atoms with van der Waals surface area (Å²) in [5, 5.41) is 19.6. The van der Waals surface area contributed by atoms with Crippen LogP contribution < -0.4 is 10.5 Å². The van der Waals surface area contributed by atoms with Crippen LogP contribution in [0.5, 0.6) is 5.88 Å². The molecule has 1 aliphatic rings. The number of para-hydroxylation sites is 1. The zero-order chi connectivity index (χ0) is 22.4.